The maximum Gasteiger partial charge on any atom is -0.000199 e. The van der Waals surface area contributed by atoms with Gasteiger partial charge < -0.3 is 0 Å². The molecular formula is C6H11I. The predicted octanol–water partition coefficient (Wildman–Crippen LogP) is 2.47. The van der Waals surface area contributed by atoms with Gasteiger partial charge in [-0.3, -0.25) is 0 Å². The lowest BCUT2D eigenvalue weighted by atomic mass is 10.3. The van der Waals surface area contributed by atoms with E-state index in [0.29, 0.717) is 0 Å². The van der Waals surface area contributed by atoms with Crippen LogP contribution in [0.3, 0.4) is 0 Å². The van der Waals surface area contributed by atoms with Gasteiger partial charge in [-0.1, -0.05) is 29.5 Å². The molecule has 1 aliphatic rings. The molecule has 0 nitrogen and oxygen atoms in total. The zero-order chi connectivity index (χ0) is 5.28. The second kappa shape index (κ2) is 2.33. The second-order valence-electron chi connectivity index (χ2n) is 2.45. The first-order chi connectivity index (χ1) is 3.34. The van der Waals surface area contributed by atoms with Crippen LogP contribution in [0.15, 0.2) is 0 Å². The average molecular weight is 210 g/mol. The molecule has 1 aliphatic carbocycles. The molecule has 7 heavy (non-hydrogen) atoms. The topological polar surface area (TPSA) is 0 Å². The van der Waals surface area contributed by atoms with Gasteiger partial charge in [0.05, 0.1) is 0 Å². The summed E-state index contributed by atoms with van der Waals surface area (Å²) < 4.78 is 1.35. The second-order valence-corrected chi connectivity index (χ2v) is 3.53. The zero-order valence-corrected chi connectivity index (χ0v) is 6.81. The van der Waals surface area contributed by atoms with E-state index in [9.17, 15) is 0 Å². The molecule has 0 radical (unpaired) electrons. The molecule has 2 unspecified atom stereocenters. The lowest BCUT2D eigenvalue weighted by Crippen LogP contribution is -1.77. The molecule has 0 aromatic rings. The minimum atomic E-state index is 1.06. The molecule has 42 valence electrons. The Morgan fingerprint density at radius 2 is 2.29 bits per heavy atom. The Labute approximate surface area is 58.8 Å². The van der Waals surface area contributed by atoms with E-state index < -0.39 is 0 Å². The molecule has 2 atom stereocenters. The molecule has 0 N–H and O–H groups in total. The summed E-state index contributed by atoms with van der Waals surface area (Å²) in [6, 6.07) is 0. The van der Waals surface area contributed by atoms with Gasteiger partial charge in [0.2, 0.25) is 0 Å². The van der Waals surface area contributed by atoms with Crippen molar-refractivity contribution in [1.82, 2.24) is 0 Å². The van der Waals surface area contributed by atoms with E-state index in [1.807, 2.05) is 0 Å². The molecule has 0 aromatic heterocycles. The van der Waals surface area contributed by atoms with E-state index in [1.165, 1.54) is 17.3 Å². The Balaban J connectivity index is 1.98. The highest BCUT2D eigenvalue weighted by Gasteiger charge is 2.30. The van der Waals surface area contributed by atoms with Crippen molar-refractivity contribution in [3.63, 3.8) is 0 Å². The first-order valence-electron chi connectivity index (χ1n) is 2.90. The summed E-state index contributed by atoms with van der Waals surface area (Å²) in [5.41, 5.74) is 0. The first kappa shape index (κ1) is 5.86. The zero-order valence-electron chi connectivity index (χ0n) is 4.65. The Morgan fingerprint density at radius 3 is 2.43 bits per heavy atom. The van der Waals surface area contributed by atoms with Crippen LogP contribution in [0.4, 0.5) is 0 Å². The Kier molecular flexibility index (Phi) is 1.95. The summed E-state index contributed by atoms with van der Waals surface area (Å²) >= 11 is 2.45. The average Bonchev–Trinajstić information content (AvgIpc) is 2.22. The molecule has 1 rings (SSSR count). The molecule has 0 spiro atoms. The standard InChI is InChI=1S/C6H11I/c1-5-4-6(5)2-3-7/h5-6H,2-4H2,1H3. The van der Waals surface area contributed by atoms with Gasteiger partial charge in [-0.05, 0) is 29.1 Å². The van der Waals surface area contributed by atoms with Gasteiger partial charge in [0.25, 0.3) is 0 Å². The van der Waals surface area contributed by atoms with Crippen LogP contribution < -0.4 is 0 Å². The smallest absolute Gasteiger partial charge is 0.000199 e. The minimum absolute atomic E-state index is 1.06. The third-order valence-electron chi connectivity index (χ3n) is 1.76. The molecule has 0 aromatic carbocycles. The lowest BCUT2D eigenvalue weighted by Gasteiger charge is -1.85. The maximum absolute atomic E-state index is 2.45. The van der Waals surface area contributed by atoms with Crippen molar-refractivity contribution in [1.29, 1.82) is 0 Å². The number of rotatable bonds is 2. The molecule has 1 heteroatoms. The largest absolute Gasteiger partial charge is 0.0864 e. The maximum atomic E-state index is 2.45. The fourth-order valence-electron chi connectivity index (χ4n) is 0.941. The molecule has 0 bridgehead atoms. The fourth-order valence-corrected chi connectivity index (χ4v) is 1.74. The van der Waals surface area contributed by atoms with Crippen LogP contribution in [0.25, 0.3) is 0 Å². The number of hydrogen-bond donors (Lipinski definition) is 0. The van der Waals surface area contributed by atoms with Crippen LogP contribution in [0.5, 0.6) is 0 Å². The van der Waals surface area contributed by atoms with E-state index in [2.05, 4.69) is 29.5 Å². The van der Waals surface area contributed by atoms with Gasteiger partial charge in [-0.2, -0.15) is 0 Å². The summed E-state index contributed by atoms with van der Waals surface area (Å²) in [6.07, 6.45) is 2.96. The highest BCUT2D eigenvalue weighted by atomic mass is 127. The van der Waals surface area contributed by atoms with Gasteiger partial charge in [0.15, 0.2) is 0 Å². The lowest BCUT2D eigenvalue weighted by molar-refractivity contribution is 0.736. The SMILES string of the molecule is CC1CC1CCI. The van der Waals surface area contributed by atoms with Gasteiger partial charge in [-0.25, -0.2) is 0 Å². The van der Waals surface area contributed by atoms with E-state index >= 15 is 0 Å². The fraction of sp³-hybridized carbons (Fsp3) is 1.00. The van der Waals surface area contributed by atoms with Crippen LogP contribution >= 0.6 is 22.6 Å². The van der Waals surface area contributed by atoms with Crippen molar-refractivity contribution in [2.75, 3.05) is 4.43 Å². The van der Waals surface area contributed by atoms with Crippen molar-refractivity contribution in [2.24, 2.45) is 11.8 Å². The summed E-state index contributed by atoms with van der Waals surface area (Å²) in [4.78, 5) is 0. The Hall–Kier alpha value is 0.730. The van der Waals surface area contributed by atoms with Crippen molar-refractivity contribution in [3.05, 3.63) is 0 Å². The van der Waals surface area contributed by atoms with Gasteiger partial charge in [-0.15, -0.1) is 0 Å². The molecule has 0 heterocycles. The van der Waals surface area contributed by atoms with Gasteiger partial charge in [0.1, 0.15) is 0 Å². The summed E-state index contributed by atoms with van der Waals surface area (Å²) in [5.74, 6) is 2.17. The number of hydrogen-bond acceptors (Lipinski definition) is 0. The Bertz CT molecular complexity index is 61.2. The van der Waals surface area contributed by atoms with E-state index in [-0.39, 0.29) is 0 Å². The van der Waals surface area contributed by atoms with Crippen LogP contribution in [-0.4, -0.2) is 4.43 Å². The van der Waals surface area contributed by atoms with E-state index in [1.54, 1.807) is 0 Å². The van der Waals surface area contributed by atoms with Crippen LogP contribution in [0.1, 0.15) is 19.8 Å². The van der Waals surface area contributed by atoms with E-state index in [4.69, 9.17) is 0 Å². The van der Waals surface area contributed by atoms with Crippen molar-refractivity contribution in [2.45, 2.75) is 19.8 Å². The summed E-state index contributed by atoms with van der Waals surface area (Å²) in [7, 11) is 0. The third-order valence-corrected chi connectivity index (χ3v) is 2.38. The summed E-state index contributed by atoms with van der Waals surface area (Å²) in [5, 5.41) is 0. The highest BCUT2D eigenvalue weighted by Crippen LogP contribution is 2.40. The third kappa shape index (κ3) is 1.59. The normalized spacial score (nSPS) is 38.6. The van der Waals surface area contributed by atoms with Crippen LogP contribution in [-0.2, 0) is 0 Å². The van der Waals surface area contributed by atoms with Crippen molar-refractivity contribution >= 4 is 22.6 Å². The molecule has 0 amide bonds. The predicted molar refractivity (Wildman–Crippen MR) is 40.8 cm³/mol. The van der Waals surface area contributed by atoms with Gasteiger partial charge in [0, 0.05) is 0 Å². The van der Waals surface area contributed by atoms with E-state index in [0.717, 1.165) is 11.8 Å². The highest BCUT2D eigenvalue weighted by molar-refractivity contribution is 14.1. The molecule has 1 saturated carbocycles. The van der Waals surface area contributed by atoms with Gasteiger partial charge >= 0.3 is 0 Å². The first-order valence-corrected chi connectivity index (χ1v) is 4.43. The summed E-state index contributed by atoms with van der Waals surface area (Å²) in [6.45, 7) is 2.34. The quantitative estimate of drug-likeness (QED) is 0.485. The monoisotopic (exact) mass is 210 g/mol. The van der Waals surface area contributed by atoms with Crippen molar-refractivity contribution < 1.29 is 0 Å². The molecule has 0 saturated heterocycles. The van der Waals surface area contributed by atoms with Crippen LogP contribution in [0, 0.1) is 11.8 Å². The van der Waals surface area contributed by atoms with Crippen molar-refractivity contribution in [3.8, 4) is 0 Å². The minimum Gasteiger partial charge on any atom is -0.0864 e. The van der Waals surface area contributed by atoms with Crippen LogP contribution in [0.2, 0.25) is 0 Å². The Morgan fingerprint density at radius 1 is 1.71 bits per heavy atom. The number of alkyl halides is 1. The number of halogens is 1. The molecule has 1 fully saturated rings. The molecular weight excluding hydrogens is 199 g/mol. The molecule has 0 aliphatic heterocycles.